The van der Waals surface area contributed by atoms with Gasteiger partial charge in [-0.2, -0.15) is 0 Å². The molecule has 1 heterocycles. The summed E-state index contributed by atoms with van der Waals surface area (Å²) in [7, 11) is 0. The van der Waals surface area contributed by atoms with E-state index in [0.29, 0.717) is 5.02 Å². The van der Waals surface area contributed by atoms with E-state index in [1.165, 1.54) is 16.7 Å². The maximum absolute atomic E-state index is 6.21. The number of benzene rings is 3. The molecule has 1 aromatic heterocycles. The number of hydrogen-bond donors (Lipinski definition) is 0. The van der Waals surface area contributed by atoms with E-state index in [4.69, 9.17) is 11.6 Å². The molecule has 0 atom stereocenters. The van der Waals surface area contributed by atoms with Gasteiger partial charge < -0.3 is 0 Å². The maximum Gasteiger partial charge on any atom is 0.196 e. The van der Waals surface area contributed by atoms with Crippen LogP contribution in [0.1, 0.15) is 16.7 Å². The van der Waals surface area contributed by atoms with Crippen LogP contribution in [0.5, 0.6) is 0 Å². The fourth-order valence-electron chi connectivity index (χ4n) is 3.09. The lowest BCUT2D eigenvalue weighted by molar-refractivity contribution is 0.886. The molecule has 0 amide bonds. The summed E-state index contributed by atoms with van der Waals surface area (Å²) in [6.45, 7) is 4.27. The summed E-state index contributed by atoms with van der Waals surface area (Å²) in [6, 6.07) is 24.5. The van der Waals surface area contributed by atoms with Crippen LogP contribution < -0.4 is 0 Å². The first kappa shape index (κ1) is 18.8. The minimum absolute atomic E-state index is 0.685. The Labute approximate surface area is 174 Å². The Balaban J connectivity index is 1.74. The summed E-state index contributed by atoms with van der Waals surface area (Å²) < 4.78 is 2.10. The molecule has 0 aliphatic heterocycles. The molecule has 3 nitrogen and oxygen atoms in total. The lowest BCUT2D eigenvalue weighted by Crippen LogP contribution is -2.00. The van der Waals surface area contributed by atoms with Crippen molar-refractivity contribution in [2.24, 2.45) is 0 Å². The lowest BCUT2D eigenvalue weighted by atomic mass is 10.1. The number of hydrogen-bond acceptors (Lipinski definition) is 3. The fraction of sp³-hybridized carbons (Fsp3) is 0.130. The van der Waals surface area contributed by atoms with Crippen molar-refractivity contribution in [1.82, 2.24) is 14.8 Å². The zero-order valence-electron chi connectivity index (χ0n) is 15.8. The predicted molar refractivity (Wildman–Crippen MR) is 117 cm³/mol. The summed E-state index contributed by atoms with van der Waals surface area (Å²) in [6.07, 6.45) is 0. The number of thioether (sulfide) groups is 1. The Bertz CT molecular complexity index is 1110. The van der Waals surface area contributed by atoms with Gasteiger partial charge in [-0.25, -0.2) is 0 Å². The zero-order chi connectivity index (χ0) is 19.5. The molecular weight excluding hydrogens is 386 g/mol. The number of para-hydroxylation sites is 1. The second-order valence-corrected chi connectivity index (χ2v) is 8.09. The van der Waals surface area contributed by atoms with Crippen LogP contribution in [0.2, 0.25) is 5.02 Å². The number of aromatic nitrogens is 3. The van der Waals surface area contributed by atoms with Crippen molar-refractivity contribution in [3.63, 3.8) is 0 Å². The molecule has 0 unspecified atom stereocenters. The van der Waals surface area contributed by atoms with Crippen molar-refractivity contribution < 1.29 is 0 Å². The van der Waals surface area contributed by atoms with Gasteiger partial charge in [-0.3, -0.25) is 4.57 Å². The molecule has 4 rings (SSSR count). The number of halogens is 1. The Kier molecular flexibility index (Phi) is 5.51. The van der Waals surface area contributed by atoms with Gasteiger partial charge in [0.05, 0.1) is 0 Å². The van der Waals surface area contributed by atoms with E-state index < -0.39 is 0 Å². The smallest absolute Gasteiger partial charge is 0.196 e. The summed E-state index contributed by atoms with van der Waals surface area (Å²) in [5, 5.41) is 10.5. The predicted octanol–water partition coefficient (Wildman–Crippen LogP) is 6.50. The first-order chi connectivity index (χ1) is 13.6. The third kappa shape index (κ3) is 3.98. The molecule has 4 aromatic rings. The van der Waals surface area contributed by atoms with Crippen molar-refractivity contribution >= 4 is 23.4 Å². The summed E-state index contributed by atoms with van der Waals surface area (Å²) in [5.41, 5.74) is 5.86. The Morgan fingerprint density at radius 1 is 0.893 bits per heavy atom. The third-order valence-electron chi connectivity index (χ3n) is 4.59. The van der Waals surface area contributed by atoms with Crippen LogP contribution in [-0.2, 0) is 5.75 Å². The molecule has 0 N–H and O–H groups in total. The van der Waals surface area contributed by atoms with Crippen molar-refractivity contribution in [2.75, 3.05) is 0 Å². The van der Waals surface area contributed by atoms with Crippen molar-refractivity contribution in [2.45, 2.75) is 24.8 Å². The summed E-state index contributed by atoms with van der Waals surface area (Å²) in [4.78, 5) is 0. The maximum atomic E-state index is 6.21. The molecule has 0 fully saturated rings. The molecule has 0 aliphatic carbocycles. The van der Waals surface area contributed by atoms with Gasteiger partial charge in [-0.15, -0.1) is 10.2 Å². The van der Waals surface area contributed by atoms with Gasteiger partial charge in [0.25, 0.3) is 0 Å². The van der Waals surface area contributed by atoms with Gasteiger partial charge in [-0.05, 0) is 49.2 Å². The molecule has 0 spiro atoms. The summed E-state index contributed by atoms with van der Waals surface area (Å²) in [5.74, 6) is 1.63. The Hall–Kier alpha value is -2.56. The summed E-state index contributed by atoms with van der Waals surface area (Å²) >= 11 is 7.90. The van der Waals surface area contributed by atoms with E-state index in [9.17, 15) is 0 Å². The van der Waals surface area contributed by atoms with Crippen LogP contribution in [-0.4, -0.2) is 14.8 Å². The quantitative estimate of drug-likeness (QED) is 0.355. The van der Waals surface area contributed by atoms with Crippen LogP contribution in [0.15, 0.2) is 78.0 Å². The largest absolute Gasteiger partial charge is 0.270 e. The molecule has 0 radical (unpaired) electrons. The Morgan fingerprint density at radius 3 is 2.50 bits per heavy atom. The normalized spacial score (nSPS) is 11.0. The molecule has 3 aromatic carbocycles. The van der Waals surface area contributed by atoms with E-state index in [1.54, 1.807) is 11.8 Å². The SMILES string of the molecule is Cc1ccc(C)c(CSc2nnc(-c3cccc(Cl)c3)n2-c2ccccc2)c1. The highest BCUT2D eigenvalue weighted by atomic mass is 35.5. The fourth-order valence-corrected chi connectivity index (χ4v) is 4.29. The van der Waals surface area contributed by atoms with Crippen LogP contribution in [0.3, 0.4) is 0 Å². The highest BCUT2D eigenvalue weighted by Gasteiger charge is 2.16. The van der Waals surface area contributed by atoms with Gasteiger partial charge in [0, 0.05) is 22.0 Å². The average molecular weight is 406 g/mol. The van der Waals surface area contributed by atoms with Crippen LogP contribution in [0.25, 0.3) is 17.1 Å². The lowest BCUT2D eigenvalue weighted by Gasteiger charge is -2.11. The van der Waals surface area contributed by atoms with E-state index in [0.717, 1.165) is 28.0 Å². The van der Waals surface area contributed by atoms with Gasteiger partial charge in [0.1, 0.15) is 0 Å². The highest BCUT2D eigenvalue weighted by Crippen LogP contribution is 2.31. The molecular formula is C23H20ClN3S. The first-order valence-corrected chi connectivity index (χ1v) is 10.4. The van der Waals surface area contributed by atoms with E-state index in [1.807, 2.05) is 42.5 Å². The third-order valence-corrected chi connectivity index (χ3v) is 5.80. The highest BCUT2D eigenvalue weighted by molar-refractivity contribution is 7.98. The zero-order valence-corrected chi connectivity index (χ0v) is 17.3. The first-order valence-electron chi connectivity index (χ1n) is 9.07. The molecule has 0 saturated carbocycles. The van der Waals surface area contributed by atoms with Crippen molar-refractivity contribution in [1.29, 1.82) is 0 Å². The second kappa shape index (κ2) is 8.21. The van der Waals surface area contributed by atoms with Crippen LogP contribution in [0, 0.1) is 13.8 Å². The molecule has 5 heteroatoms. The van der Waals surface area contributed by atoms with Crippen molar-refractivity contribution in [3.8, 4) is 17.1 Å². The molecule has 0 saturated heterocycles. The van der Waals surface area contributed by atoms with Gasteiger partial charge in [-0.1, -0.05) is 77.5 Å². The van der Waals surface area contributed by atoms with Crippen molar-refractivity contribution in [3.05, 3.63) is 94.5 Å². The molecule has 28 heavy (non-hydrogen) atoms. The van der Waals surface area contributed by atoms with Gasteiger partial charge in [0.2, 0.25) is 0 Å². The molecule has 0 bridgehead atoms. The van der Waals surface area contributed by atoms with Gasteiger partial charge in [0.15, 0.2) is 11.0 Å². The average Bonchev–Trinajstić information content (AvgIpc) is 3.13. The minimum atomic E-state index is 0.685. The Morgan fingerprint density at radius 2 is 1.71 bits per heavy atom. The van der Waals surface area contributed by atoms with Crippen LogP contribution >= 0.6 is 23.4 Å². The second-order valence-electron chi connectivity index (χ2n) is 6.71. The number of rotatable bonds is 5. The van der Waals surface area contributed by atoms with Crippen LogP contribution in [0.4, 0.5) is 0 Å². The molecule has 0 aliphatic rings. The number of nitrogens with zero attached hydrogens (tertiary/aromatic N) is 3. The topological polar surface area (TPSA) is 30.7 Å². The minimum Gasteiger partial charge on any atom is -0.270 e. The van der Waals surface area contributed by atoms with Gasteiger partial charge >= 0.3 is 0 Å². The van der Waals surface area contributed by atoms with E-state index in [2.05, 4.69) is 58.9 Å². The van der Waals surface area contributed by atoms with E-state index >= 15 is 0 Å². The van der Waals surface area contributed by atoms with E-state index in [-0.39, 0.29) is 0 Å². The standard InChI is InChI=1S/C23H20ClN3S/c1-16-11-12-17(2)19(13-16)15-28-23-26-25-22(18-7-6-8-20(24)14-18)27(23)21-9-4-3-5-10-21/h3-14H,15H2,1-2H3. The monoisotopic (exact) mass is 405 g/mol. The number of aryl methyl sites for hydroxylation is 2. The molecule has 140 valence electrons.